The Balaban J connectivity index is 1.91. The number of nitrogens with zero attached hydrogens (tertiary/aromatic N) is 3. The van der Waals surface area contributed by atoms with Gasteiger partial charge in [-0.3, -0.25) is 9.36 Å². The Kier molecular flexibility index (Phi) is 4.53. The number of aromatic nitrogens is 3. The summed E-state index contributed by atoms with van der Waals surface area (Å²) in [7, 11) is 0. The Morgan fingerprint density at radius 1 is 1.14 bits per heavy atom. The minimum absolute atomic E-state index is 0.201. The Bertz CT molecular complexity index is 1300. The van der Waals surface area contributed by atoms with Crippen LogP contribution in [0.4, 0.5) is 14.5 Å². The normalized spacial score (nSPS) is 10.7. The van der Waals surface area contributed by atoms with Crippen LogP contribution in [0.5, 0.6) is 0 Å². The summed E-state index contributed by atoms with van der Waals surface area (Å²) in [4.78, 5) is 20.2. The van der Waals surface area contributed by atoms with Crippen molar-refractivity contribution in [3.8, 4) is 29.2 Å². The zero-order chi connectivity index (χ0) is 20.5. The fraction of sp³-hybridized carbons (Fsp3) is 0.0455. The first-order valence-electron chi connectivity index (χ1n) is 8.63. The Morgan fingerprint density at radius 2 is 1.97 bits per heavy atom. The fourth-order valence-electron chi connectivity index (χ4n) is 3.07. The molecule has 0 radical (unpaired) electrons. The third kappa shape index (κ3) is 3.56. The number of amides is 1. The second-order valence-electron chi connectivity index (χ2n) is 6.40. The van der Waals surface area contributed by atoms with E-state index in [2.05, 4.69) is 21.2 Å². The molecular weight excluding hydrogens is 374 g/mol. The number of carbonyl (C=O) groups excluding carboxylic acids is 1. The molecule has 1 amide bonds. The van der Waals surface area contributed by atoms with Gasteiger partial charge in [0.15, 0.2) is 5.65 Å². The number of hydrogen-bond acceptors (Lipinski definition) is 3. The lowest BCUT2D eigenvalue weighted by atomic mass is 10.0. The van der Waals surface area contributed by atoms with E-state index < -0.39 is 11.6 Å². The van der Waals surface area contributed by atoms with Crippen LogP contribution in [-0.2, 0) is 4.79 Å². The van der Waals surface area contributed by atoms with Crippen molar-refractivity contribution in [2.45, 2.75) is 6.92 Å². The third-order valence-electron chi connectivity index (χ3n) is 4.31. The van der Waals surface area contributed by atoms with Crippen molar-refractivity contribution in [3.05, 3.63) is 72.2 Å². The van der Waals surface area contributed by atoms with Gasteiger partial charge in [-0.2, -0.15) is 0 Å². The van der Waals surface area contributed by atoms with Gasteiger partial charge in [0.1, 0.15) is 23.5 Å². The Morgan fingerprint density at radius 3 is 2.69 bits per heavy atom. The summed E-state index contributed by atoms with van der Waals surface area (Å²) >= 11 is 0. The van der Waals surface area contributed by atoms with E-state index in [0.29, 0.717) is 33.7 Å². The first-order chi connectivity index (χ1) is 13.9. The zero-order valence-corrected chi connectivity index (χ0v) is 15.3. The molecule has 0 aliphatic carbocycles. The molecular formula is C22H14F2N4O. The maximum atomic E-state index is 14.4. The van der Waals surface area contributed by atoms with Gasteiger partial charge in [0, 0.05) is 36.0 Å². The molecule has 0 bridgehead atoms. The van der Waals surface area contributed by atoms with Crippen LogP contribution in [0.1, 0.15) is 12.5 Å². The summed E-state index contributed by atoms with van der Waals surface area (Å²) in [5, 5.41) is 2.70. The molecule has 1 N–H and O–H groups in total. The lowest BCUT2D eigenvalue weighted by Crippen LogP contribution is -2.07. The van der Waals surface area contributed by atoms with E-state index in [9.17, 15) is 13.6 Å². The standard InChI is InChI=1S/C22H14F2N4O/c1-3-14-6-21-22(25-11-14)28(12-26-21)18-8-15(7-17(10-18)27-13(2)29)19-5-4-16(23)9-20(19)24/h1,4-12H,2H3,(H,27,29). The van der Waals surface area contributed by atoms with Crippen molar-refractivity contribution in [2.75, 3.05) is 5.32 Å². The Labute approximate surface area is 165 Å². The highest BCUT2D eigenvalue weighted by atomic mass is 19.1. The SMILES string of the molecule is C#Cc1cnc2c(c1)ncn2-c1cc(NC(C)=O)cc(-c2ccc(F)cc2F)c1. The molecule has 2 heterocycles. The fourth-order valence-corrected chi connectivity index (χ4v) is 3.07. The average Bonchev–Trinajstić information content (AvgIpc) is 3.10. The van der Waals surface area contributed by atoms with Crippen molar-refractivity contribution in [2.24, 2.45) is 0 Å². The van der Waals surface area contributed by atoms with E-state index in [1.165, 1.54) is 19.1 Å². The smallest absolute Gasteiger partial charge is 0.221 e. The first-order valence-corrected chi connectivity index (χ1v) is 8.63. The van der Waals surface area contributed by atoms with E-state index in [-0.39, 0.29) is 11.5 Å². The largest absolute Gasteiger partial charge is 0.326 e. The molecule has 29 heavy (non-hydrogen) atoms. The molecule has 0 atom stereocenters. The Hall–Kier alpha value is -4.05. The van der Waals surface area contributed by atoms with Gasteiger partial charge in [-0.1, -0.05) is 5.92 Å². The van der Waals surface area contributed by atoms with E-state index in [4.69, 9.17) is 6.42 Å². The van der Waals surface area contributed by atoms with Crippen LogP contribution in [0.15, 0.2) is 55.0 Å². The third-order valence-corrected chi connectivity index (χ3v) is 4.31. The van der Waals surface area contributed by atoms with Gasteiger partial charge in [-0.25, -0.2) is 18.7 Å². The quantitative estimate of drug-likeness (QED) is 0.532. The highest BCUT2D eigenvalue weighted by Crippen LogP contribution is 2.30. The van der Waals surface area contributed by atoms with Crippen molar-refractivity contribution in [3.63, 3.8) is 0 Å². The summed E-state index contributed by atoms with van der Waals surface area (Å²) in [5.41, 5.74) is 3.46. The van der Waals surface area contributed by atoms with Crippen LogP contribution in [-0.4, -0.2) is 20.4 Å². The number of pyridine rings is 1. The minimum Gasteiger partial charge on any atom is -0.326 e. The molecule has 0 unspecified atom stereocenters. The highest BCUT2D eigenvalue weighted by Gasteiger charge is 2.13. The van der Waals surface area contributed by atoms with Gasteiger partial charge >= 0.3 is 0 Å². The van der Waals surface area contributed by atoms with E-state index in [1.54, 1.807) is 41.4 Å². The molecule has 7 heteroatoms. The van der Waals surface area contributed by atoms with Gasteiger partial charge < -0.3 is 5.32 Å². The molecule has 0 saturated heterocycles. The number of rotatable bonds is 3. The monoisotopic (exact) mass is 388 g/mol. The second kappa shape index (κ2) is 7.17. The van der Waals surface area contributed by atoms with Crippen LogP contribution in [0, 0.1) is 24.0 Å². The van der Waals surface area contributed by atoms with Crippen LogP contribution >= 0.6 is 0 Å². The van der Waals surface area contributed by atoms with Crippen molar-refractivity contribution >= 4 is 22.8 Å². The summed E-state index contributed by atoms with van der Waals surface area (Å²) in [6.45, 7) is 1.38. The predicted octanol–water partition coefficient (Wildman–Crippen LogP) is 4.31. The topological polar surface area (TPSA) is 59.8 Å². The van der Waals surface area contributed by atoms with Crippen LogP contribution in [0.25, 0.3) is 28.0 Å². The molecule has 4 rings (SSSR count). The van der Waals surface area contributed by atoms with Gasteiger partial charge in [0.25, 0.3) is 0 Å². The van der Waals surface area contributed by atoms with Crippen LogP contribution in [0.2, 0.25) is 0 Å². The van der Waals surface area contributed by atoms with Crippen molar-refractivity contribution < 1.29 is 13.6 Å². The summed E-state index contributed by atoms with van der Waals surface area (Å²) in [6, 6.07) is 10.1. The number of imidazole rings is 1. The highest BCUT2D eigenvalue weighted by molar-refractivity contribution is 5.90. The maximum absolute atomic E-state index is 14.4. The molecule has 5 nitrogen and oxygen atoms in total. The van der Waals surface area contributed by atoms with E-state index in [0.717, 1.165) is 6.07 Å². The molecule has 2 aromatic carbocycles. The number of benzene rings is 2. The molecule has 0 aliphatic heterocycles. The summed E-state index contributed by atoms with van der Waals surface area (Å²) < 4.78 is 29.4. The molecule has 4 aromatic rings. The number of halogens is 2. The predicted molar refractivity (Wildman–Crippen MR) is 106 cm³/mol. The second-order valence-corrected chi connectivity index (χ2v) is 6.40. The van der Waals surface area contributed by atoms with Gasteiger partial charge in [0.05, 0.1) is 5.69 Å². The molecule has 0 saturated carbocycles. The number of carbonyl (C=O) groups is 1. The van der Waals surface area contributed by atoms with Crippen LogP contribution < -0.4 is 5.32 Å². The van der Waals surface area contributed by atoms with Crippen LogP contribution in [0.3, 0.4) is 0 Å². The minimum atomic E-state index is -0.705. The maximum Gasteiger partial charge on any atom is 0.221 e. The van der Waals surface area contributed by atoms with Gasteiger partial charge in [0.2, 0.25) is 5.91 Å². The van der Waals surface area contributed by atoms with Gasteiger partial charge in [-0.15, -0.1) is 6.42 Å². The zero-order valence-electron chi connectivity index (χ0n) is 15.3. The lowest BCUT2D eigenvalue weighted by molar-refractivity contribution is -0.114. The average molecular weight is 388 g/mol. The van der Waals surface area contributed by atoms with Crippen molar-refractivity contribution in [1.29, 1.82) is 0 Å². The van der Waals surface area contributed by atoms with Crippen molar-refractivity contribution in [1.82, 2.24) is 14.5 Å². The lowest BCUT2D eigenvalue weighted by Gasteiger charge is -2.12. The molecule has 2 aromatic heterocycles. The number of fused-ring (bicyclic) bond motifs is 1. The number of terminal acetylenes is 1. The van der Waals surface area contributed by atoms with Gasteiger partial charge in [-0.05, 0) is 42.0 Å². The summed E-state index contributed by atoms with van der Waals surface area (Å²) in [5.74, 6) is 0.858. The molecule has 142 valence electrons. The van der Waals surface area contributed by atoms with E-state index in [1.807, 2.05) is 0 Å². The molecule has 0 fully saturated rings. The number of nitrogens with one attached hydrogen (secondary N) is 1. The number of anilines is 1. The van der Waals surface area contributed by atoms with E-state index >= 15 is 0 Å². The molecule has 0 aliphatic rings. The number of hydrogen-bond donors (Lipinski definition) is 1. The molecule has 0 spiro atoms. The first kappa shape index (κ1) is 18.3. The summed E-state index contributed by atoms with van der Waals surface area (Å²) in [6.07, 6.45) is 8.53.